The summed E-state index contributed by atoms with van der Waals surface area (Å²) in [5, 5.41) is 9.00. The van der Waals surface area contributed by atoms with E-state index in [1.807, 2.05) is 24.3 Å². The number of aromatic nitrogens is 2. The van der Waals surface area contributed by atoms with Crippen LogP contribution in [0.4, 0.5) is 11.5 Å². The van der Waals surface area contributed by atoms with Crippen molar-refractivity contribution in [1.82, 2.24) is 9.97 Å². The molecule has 0 N–H and O–H groups in total. The van der Waals surface area contributed by atoms with Crippen LogP contribution in [0.1, 0.15) is 12.0 Å². The molecule has 1 aliphatic rings. The van der Waals surface area contributed by atoms with E-state index in [0.29, 0.717) is 11.6 Å². The Balaban J connectivity index is 1.72. The molecule has 1 unspecified atom stereocenters. The average Bonchev–Trinajstić information content (AvgIpc) is 3.05. The standard InChI is InChI=1S/C16H16BrN5/c1-21(16-4-6-19-11-20-16)14-5-7-22(10-14)13-3-2-12(9-18)15(17)8-13/h2-4,6,8,11,14H,5,7,10H2,1H3. The van der Waals surface area contributed by atoms with Crippen LogP contribution in [0.5, 0.6) is 0 Å². The highest BCUT2D eigenvalue weighted by Gasteiger charge is 2.26. The van der Waals surface area contributed by atoms with Crippen molar-refractivity contribution in [2.75, 3.05) is 29.9 Å². The largest absolute Gasteiger partial charge is 0.369 e. The molecular formula is C16H16BrN5. The maximum Gasteiger partial charge on any atom is 0.131 e. The van der Waals surface area contributed by atoms with E-state index in [4.69, 9.17) is 5.26 Å². The summed E-state index contributed by atoms with van der Waals surface area (Å²) in [4.78, 5) is 12.8. The fourth-order valence-electron chi connectivity index (χ4n) is 2.76. The average molecular weight is 358 g/mol. The zero-order valence-corrected chi connectivity index (χ0v) is 13.9. The van der Waals surface area contributed by atoms with Crippen LogP contribution < -0.4 is 9.80 Å². The van der Waals surface area contributed by atoms with Gasteiger partial charge in [0, 0.05) is 42.5 Å². The van der Waals surface area contributed by atoms with Crippen molar-refractivity contribution >= 4 is 27.4 Å². The number of hydrogen-bond acceptors (Lipinski definition) is 5. The van der Waals surface area contributed by atoms with Crippen molar-refractivity contribution < 1.29 is 0 Å². The third-order valence-electron chi connectivity index (χ3n) is 4.08. The van der Waals surface area contributed by atoms with Gasteiger partial charge in [-0.2, -0.15) is 5.26 Å². The van der Waals surface area contributed by atoms with Crippen molar-refractivity contribution in [3.05, 3.63) is 46.8 Å². The number of halogens is 1. The zero-order chi connectivity index (χ0) is 15.5. The molecule has 5 nitrogen and oxygen atoms in total. The minimum Gasteiger partial charge on any atom is -0.369 e. The minimum atomic E-state index is 0.421. The molecule has 1 saturated heterocycles. The summed E-state index contributed by atoms with van der Waals surface area (Å²) < 4.78 is 0.847. The van der Waals surface area contributed by atoms with Gasteiger partial charge < -0.3 is 9.80 Å². The SMILES string of the molecule is CN(c1ccncn1)C1CCN(c2ccc(C#N)c(Br)c2)C1. The van der Waals surface area contributed by atoms with Gasteiger partial charge in [0.2, 0.25) is 0 Å². The van der Waals surface area contributed by atoms with Crippen molar-refractivity contribution in [2.45, 2.75) is 12.5 Å². The minimum absolute atomic E-state index is 0.421. The van der Waals surface area contributed by atoms with Crippen LogP contribution in [0.25, 0.3) is 0 Å². The van der Waals surface area contributed by atoms with Gasteiger partial charge in [0.05, 0.1) is 5.56 Å². The zero-order valence-electron chi connectivity index (χ0n) is 12.3. The van der Waals surface area contributed by atoms with Crippen LogP contribution >= 0.6 is 15.9 Å². The molecule has 6 heteroatoms. The Morgan fingerprint density at radius 3 is 2.95 bits per heavy atom. The predicted molar refractivity (Wildman–Crippen MR) is 89.9 cm³/mol. The summed E-state index contributed by atoms with van der Waals surface area (Å²) in [6, 6.07) is 10.4. The topological polar surface area (TPSA) is 56.1 Å². The molecule has 1 aromatic heterocycles. The highest BCUT2D eigenvalue weighted by atomic mass is 79.9. The molecule has 2 heterocycles. The van der Waals surface area contributed by atoms with Gasteiger partial charge in [0.15, 0.2) is 0 Å². The maximum atomic E-state index is 9.00. The number of nitriles is 1. The van der Waals surface area contributed by atoms with Crippen LogP contribution in [0.15, 0.2) is 41.3 Å². The second kappa shape index (κ2) is 6.32. The first kappa shape index (κ1) is 14.8. The van der Waals surface area contributed by atoms with Crippen molar-refractivity contribution in [1.29, 1.82) is 5.26 Å². The van der Waals surface area contributed by atoms with Gasteiger partial charge in [0.25, 0.3) is 0 Å². The first-order chi connectivity index (χ1) is 10.7. The first-order valence-corrected chi connectivity index (χ1v) is 7.92. The van der Waals surface area contributed by atoms with Gasteiger partial charge in [-0.15, -0.1) is 0 Å². The quantitative estimate of drug-likeness (QED) is 0.845. The van der Waals surface area contributed by atoms with Crippen molar-refractivity contribution in [3.63, 3.8) is 0 Å². The van der Waals surface area contributed by atoms with Crippen LogP contribution in [-0.2, 0) is 0 Å². The Labute approximate surface area is 138 Å². The molecule has 1 aromatic carbocycles. The van der Waals surface area contributed by atoms with E-state index < -0.39 is 0 Å². The summed E-state index contributed by atoms with van der Waals surface area (Å²) in [6.45, 7) is 1.94. The van der Waals surface area contributed by atoms with Gasteiger partial charge in [-0.3, -0.25) is 0 Å². The Morgan fingerprint density at radius 1 is 1.41 bits per heavy atom. The van der Waals surface area contributed by atoms with Gasteiger partial charge >= 0.3 is 0 Å². The Kier molecular flexibility index (Phi) is 4.25. The molecule has 22 heavy (non-hydrogen) atoms. The highest BCUT2D eigenvalue weighted by Crippen LogP contribution is 2.28. The van der Waals surface area contributed by atoms with Gasteiger partial charge in [-0.05, 0) is 46.6 Å². The van der Waals surface area contributed by atoms with E-state index >= 15 is 0 Å². The number of rotatable bonds is 3. The predicted octanol–water partition coefficient (Wildman–Crippen LogP) is 2.83. The van der Waals surface area contributed by atoms with E-state index in [2.05, 4.69) is 48.8 Å². The van der Waals surface area contributed by atoms with E-state index in [1.54, 1.807) is 12.5 Å². The van der Waals surface area contributed by atoms with Gasteiger partial charge in [0.1, 0.15) is 18.2 Å². The fourth-order valence-corrected chi connectivity index (χ4v) is 3.22. The number of anilines is 2. The second-order valence-corrected chi connectivity index (χ2v) is 6.20. The van der Waals surface area contributed by atoms with Crippen molar-refractivity contribution in [3.8, 4) is 6.07 Å². The molecule has 0 amide bonds. The highest BCUT2D eigenvalue weighted by molar-refractivity contribution is 9.10. The lowest BCUT2D eigenvalue weighted by Crippen LogP contribution is -2.35. The number of likely N-dealkylation sites (N-methyl/N-ethyl adjacent to an activating group) is 1. The van der Waals surface area contributed by atoms with Crippen LogP contribution in [-0.4, -0.2) is 36.1 Å². The lowest BCUT2D eigenvalue weighted by molar-refractivity contribution is 0.683. The van der Waals surface area contributed by atoms with Crippen LogP contribution in [0.3, 0.4) is 0 Å². The monoisotopic (exact) mass is 357 g/mol. The molecule has 0 spiro atoms. The summed E-state index contributed by atoms with van der Waals surface area (Å²) >= 11 is 3.46. The molecule has 2 aromatic rings. The molecule has 1 atom stereocenters. The molecular weight excluding hydrogens is 342 g/mol. The molecule has 0 bridgehead atoms. The molecule has 1 aliphatic heterocycles. The molecule has 0 aliphatic carbocycles. The number of hydrogen-bond donors (Lipinski definition) is 0. The third-order valence-corrected chi connectivity index (χ3v) is 4.73. The van der Waals surface area contributed by atoms with Crippen LogP contribution in [0, 0.1) is 11.3 Å². The lowest BCUT2D eigenvalue weighted by Gasteiger charge is -2.26. The smallest absolute Gasteiger partial charge is 0.131 e. The first-order valence-electron chi connectivity index (χ1n) is 7.12. The van der Waals surface area contributed by atoms with E-state index in [0.717, 1.165) is 35.5 Å². The molecule has 1 fully saturated rings. The Hall–Kier alpha value is -2.13. The molecule has 0 radical (unpaired) electrons. The van der Waals surface area contributed by atoms with Crippen molar-refractivity contribution in [2.24, 2.45) is 0 Å². The summed E-state index contributed by atoms with van der Waals surface area (Å²) in [5.74, 6) is 0.947. The van der Waals surface area contributed by atoms with Gasteiger partial charge in [-0.1, -0.05) is 0 Å². The molecule has 0 saturated carbocycles. The van der Waals surface area contributed by atoms with E-state index in [1.165, 1.54) is 0 Å². The van der Waals surface area contributed by atoms with Gasteiger partial charge in [-0.25, -0.2) is 9.97 Å². The third kappa shape index (κ3) is 2.90. The summed E-state index contributed by atoms with van der Waals surface area (Å²) in [7, 11) is 2.07. The maximum absolute atomic E-state index is 9.00. The van der Waals surface area contributed by atoms with E-state index in [-0.39, 0.29) is 0 Å². The normalized spacial score (nSPS) is 17.3. The molecule has 3 rings (SSSR count). The lowest BCUT2D eigenvalue weighted by atomic mass is 10.2. The Bertz CT molecular complexity index is 697. The Morgan fingerprint density at radius 2 is 2.27 bits per heavy atom. The summed E-state index contributed by atoms with van der Waals surface area (Å²) in [6.07, 6.45) is 4.43. The second-order valence-electron chi connectivity index (χ2n) is 5.34. The fraction of sp³-hybridized carbons (Fsp3) is 0.312. The summed E-state index contributed by atoms with van der Waals surface area (Å²) in [5.41, 5.74) is 1.81. The molecule has 112 valence electrons. The van der Waals surface area contributed by atoms with E-state index in [9.17, 15) is 0 Å². The number of nitrogens with zero attached hydrogens (tertiary/aromatic N) is 5. The van der Waals surface area contributed by atoms with Crippen LogP contribution in [0.2, 0.25) is 0 Å². The number of benzene rings is 1.